The highest BCUT2D eigenvalue weighted by molar-refractivity contribution is 5.98. The number of aliphatic carboxylic acids is 3. The van der Waals surface area contributed by atoms with Crippen LogP contribution in [0, 0.1) is 5.92 Å². The smallest absolute Gasteiger partial charge is 0.326 e. The number of carbonyl (C=O) groups excluding carboxylic acids is 6. The maximum atomic E-state index is 13.6. The van der Waals surface area contributed by atoms with Crippen LogP contribution in [0.3, 0.4) is 0 Å². The predicted octanol–water partition coefficient (Wildman–Crippen LogP) is -5.29. The Morgan fingerprint density at radius 2 is 1.30 bits per heavy atom. The quantitative estimate of drug-likeness (QED) is 0.0251. The van der Waals surface area contributed by atoms with Gasteiger partial charge in [0.15, 0.2) is 5.96 Å². The number of hydrogen-bond donors (Lipinski definition) is 13. The van der Waals surface area contributed by atoms with Crippen LogP contribution in [-0.2, 0) is 49.6 Å². The number of aromatic amines is 1. The van der Waals surface area contributed by atoms with E-state index in [1.165, 1.54) is 19.4 Å². The molecule has 0 aromatic carbocycles. The first kappa shape index (κ1) is 45.7. The van der Waals surface area contributed by atoms with Gasteiger partial charge in [-0.3, -0.25) is 43.3 Å². The summed E-state index contributed by atoms with van der Waals surface area (Å²) in [5.74, 6) is -11.8. The van der Waals surface area contributed by atoms with Crippen molar-refractivity contribution in [3.05, 3.63) is 18.2 Å². The van der Waals surface area contributed by atoms with Crippen LogP contribution in [0.1, 0.15) is 58.1 Å². The Kier molecular flexibility index (Phi) is 19.1. The lowest BCUT2D eigenvalue weighted by atomic mass is 9.97. The molecule has 54 heavy (non-hydrogen) atoms. The van der Waals surface area contributed by atoms with Gasteiger partial charge < -0.3 is 69.8 Å². The van der Waals surface area contributed by atoms with Gasteiger partial charge in [0, 0.05) is 24.9 Å². The summed E-state index contributed by atoms with van der Waals surface area (Å²) in [6.07, 6.45) is -0.0580. The Bertz CT molecular complexity index is 1530. The molecule has 7 atom stereocenters. The zero-order chi connectivity index (χ0) is 41.1. The molecular weight excluding hydrogens is 720 g/mol. The average Bonchev–Trinajstić information content (AvgIpc) is 3.59. The molecular formula is C30H48N12O12. The predicted molar refractivity (Wildman–Crippen MR) is 185 cm³/mol. The molecule has 300 valence electrons. The molecule has 1 aromatic heterocycles. The largest absolute Gasteiger partial charge is 0.481 e. The van der Waals surface area contributed by atoms with Crippen LogP contribution in [0.2, 0.25) is 0 Å². The van der Waals surface area contributed by atoms with Gasteiger partial charge in [0.05, 0.1) is 31.6 Å². The van der Waals surface area contributed by atoms with Gasteiger partial charge in [0.2, 0.25) is 35.4 Å². The molecule has 24 heteroatoms. The lowest BCUT2D eigenvalue weighted by molar-refractivity contribution is -0.142. The fourth-order valence-corrected chi connectivity index (χ4v) is 4.70. The van der Waals surface area contributed by atoms with E-state index < -0.39 is 115 Å². The molecule has 0 fully saturated rings. The highest BCUT2D eigenvalue weighted by Crippen LogP contribution is 2.11. The number of H-pyrrole nitrogens is 1. The third kappa shape index (κ3) is 16.8. The van der Waals surface area contributed by atoms with Crippen molar-refractivity contribution in [2.24, 2.45) is 33.8 Å². The number of primary amides is 1. The minimum Gasteiger partial charge on any atom is -0.481 e. The monoisotopic (exact) mass is 768 g/mol. The van der Waals surface area contributed by atoms with Gasteiger partial charge in [-0.15, -0.1) is 0 Å². The van der Waals surface area contributed by atoms with E-state index in [1.54, 1.807) is 6.92 Å². The van der Waals surface area contributed by atoms with Crippen LogP contribution in [0.25, 0.3) is 0 Å². The van der Waals surface area contributed by atoms with Crippen molar-refractivity contribution in [1.29, 1.82) is 0 Å². The molecule has 24 nitrogen and oxygen atoms in total. The topological polar surface area (TPSA) is 420 Å². The molecule has 0 aliphatic rings. The molecule has 0 aliphatic heterocycles. The number of aliphatic imine (C=N–C) groups is 1. The number of carbonyl (C=O) groups is 9. The standard InChI is InChI=1S/C30H48N12O12/c1-3-13(2)23(28(52)41-18(9-20(32)43)26(50)38-16(29(53)54)5-4-6-36-30(33)34)42-27(51)19(10-22(46)47)40-25(49)17(7-14-11-35-12-37-14)39-24(48)15(31)8-21(44)45/h11-13,15-19,23H,3-10,31H2,1-2H3,(H2,32,43)(H,35,37)(H,38,50)(H,39,48)(H,40,49)(H,41,52)(H,42,51)(H,44,45)(H,46,47)(H,53,54)(H4,33,34,36)/t13-,15-,16-,17-,18-,19-,23-/m0/s1. The van der Waals surface area contributed by atoms with Gasteiger partial charge >= 0.3 is 17.9 Å². The number of amides is 6. The molecule has 17 N–H and O–H groups in total. The normalized spacial score (nSPS) is 14.6. The number of aromatic nitrogens is 2. The molecule has 0 unspecified atom stereocenters. The minimum absolute atomic E-state index is 0.0452. The molecule has 0 saturated carbocycles. The van der Waals surface area contributed by atoms with Crippen molar-refractivity contribution in [3.63, 3.8) is 0 Å². The van der Waals surface area contributed by atoms with E-state index in [0.717, 1.165) is 0 Å². The first-order valence-corrected chi connectivity index (χ1v) is 16.5. The van der Waals surface area contributed by atoms with Crippen molar-refractivity contribution in [2.75, 3.05) is 6.54 Å². The third-order valence-electron chi connectivity index (χ3n) is 7.75. The van der Waals surface area contributed by atoms with E-state index in [1.807, 2.05) is 0 Å². The van der Waals surface area contributed by atoms with E-state index in [0.29, 0.717) is 5.69 Å². The summed E-state index contributed by atoms with van der Waals surface area (Å²) in [7, 11) is 0. The highest BCUT2D eigenvalue weighted by Gasteiger charge is 2.36. The van der Waals surface area contributed by atoms with E-state index in [2.05, 4.69) is 41.5 Å². The SMILES string of the molecule is CC[C@H](C)[C@H](NC(=O)[C@H](CC(=O)O)NC(=O)[C@H](Cc1cnc[nH]1)NC(=O)[C@@H](N)CC(=O)O)C(=O)N[C@@H](CC(N)=O)C(=O)N[C@@H](CCCN=C(N)N)C(=O)O. The van der Waals surface area contributed by atoms with Crippen molar-refractivity contribution < 1.29 is 58.5 Å². The summed E-state index contributed by atoms with van der Waals surface area (Å²) >= 11 is 0. The number of nitrogens with two attached hydrogens (primary N) is 4. The number of hydrogen-bond acceptors (Lipinski definition) is 12. The Morgan fingerprint density at radius 1 is 0.759 bits per heavy atom. The van der Waals surface area contributed by atoms with Crippen LogP contribution >= 0.6 is 0 Å². The number of carboxylic acids is 3. The van der Waals surface area contributed by atoms with Crippen molar-refractivity contribution >= 4 is 59.3 Å². The second-order valence-corrected chi connectivity index (χ2v) is 12.2. The molecule has 1 heterocycles. The first-order chi connectivity index (χ1) is 25.2. The molecule has 6 amide bonds. The van der Waals surface area contributed by atoms with Gasteiger partial charge in [-0.1, -0.05) is 20.3 Å². The average molecular weight is 769 g/mol. The number of imidazole rings is 1. The zero-order valence-corrected chi connectivity index (χ0v) is 29.6. The lowest BCUT2D eigenvalue weighted by Crippen LogP contribution is -2.61. The second kappa shape index (κ2) is 22.6. The number of nitrogens with zero attached hydrogens (tertiary/aromatic N) is 2. The van der Waals surface area contributed by atoms with E-state index in [-0.39, 0.29) is 38.2 Å². The number of nitrogens with one attached hydrogen (secondary N) is 6. The summed E-state index contributed by atoms with van der Waals surface area (Å²) in [5.41, 5.74) is 21.7. The molecule has 0 bridgehead atoms. The molecule has 1 rings (SSSR count). The van der Waals surface area contributed by atoms with Crippen LogP contribution < -0.4 is 49.5 Å². The Morgan fingerprint density at radius 3 is 1.81 bits per heavy atom. The second-order valence-electron chi connectivity index (χ2n) is 12.2. The van der Waals surface area contributed by atoms with Crippen molar-refractivity contribution in [2.45, 2.75) is 95.0 Å². The van der Waals surface area contributed by atoms with Crippen LogP contribution in [0.5, 0.6) is 0 Å². The van der Waals surface area contributed by atoms with Gasteiger partial charge in [0.25, 0.3) is 0 Å². The summed E-state index contributed by atoms with van der Waals surface area (Å²) in [6, 6.07) is -9.67. The van der Waals surface area contributed by atoms with E-state index in [9.17, 15) is 53.4 Å². The minimum atomic E-state index is -1.86. The zero-order valence-electron chi connectivity index (χ0n) is 29.6. The van der Waals surface area contributed by atoms with Gasteiger partial charge in [0.1, 0.15) is 30.2 Å². The van der Waals surface area contributed by atoms with Crippen molar-refractivity contribution in [3.8, 4) is 0 Å². The van der Waals surface area contributed by atoms with Crippen LogP contribution in [0.15, 0.2) is 17.5 Å². The number of rotatable bonds is 25. The summed E-state index contributed by atoms with van der Waals surface area (Å²) in [5, 5.41) is 39.4. The lowest BCUT2D eigenvalue weighted by Gasteiger charge is -2.29. The molecule has 0 aliphatic carbocycles. The number of guanidine groups is 1. The highest BCUT2D eigenvalue weighted by atomic mass is 16.4. The fourth-order valence-electron chi connectivity index (χ4n) is 4.70. The Labute approximate surface area is 308 Å². The molecule has 0 spiro atoms. The molecule has 0 radical (unpaired) electrons. The summed E-state index contributed by atoms with van der Waals surface area (Å²) in [4.78, 5) is 123. The van der Waals surface area contributed by atoms with Crippen LogP contribution in [0.4, 0.5) is 0 Å². The molecule has 0 saturated heterocycles. The van der Waals surface area contributed by atoms with Crippen LogP contribution in [-0.4, -0.2) is 127 Å². The number of carboxylic acid groups (broad SMARTS) is 3. The first-order valence-electron chi connectivity index (χ1n) is 16.5. The Hall–Kier alpha value is -6.33. The molecule has 1 aromatic rings. The van der Waals surface area contributed by atoms with Gasteiger partial charge in [-0.05, 0) is 18.8 Å². The maximum Gasteiger partial charge on any atom is 0.326 e. The van der Waals surface area contributed by atoms with E-state index >= 15 is 0 Å². The van der Waals surface area contributed by atoms with E-state index in [4.69, 9.17) is 28.0 Å². The fraction of sp³-hybridized carbons (Fsp3) is 0.567. The van der Waals surface area contributed by atoms with Crippen molar-refractivity contribution in [1.82, 2.24) is 36.6 Å². The van der Waals surface area contributed by atoms with Gasteiger partial charge in [-0.2, -0.15) is 0 Å². The third-order valence-corrected chi connectivity index (χ3v) is 7.75. The maximum absolute atomic E-state index is 13.6. The summed E-state index contributed by atoms with van der Waals surface area (Å²) < 4.78 is 0. The Balaban J connectivity index is 3.28. The van der Waals surface area contributed by atoms with Gasteiger partial charge in [-0.25, -0.2) is 9.78 Å². The summed E-state index contributed by atoms with van der Waals surface area (Å²) in [6.45, 7) is 3.20.